The van der Waals surface area contributed by atoms with Crippen LogP contribution in [0.25, 0.3) is 66.4 Å². The van der Waals surface area contributed by atoms with Crippen molar-refractivity contribution in [3.8, 4) is 22.7 Å². The molecule has 22 heteroatoms. The number of methoxy groups -OCH3 is 2. The van der Waals surface area contributed by atoms with Crippen molar-refractivity contribution in [1.82, 2.24) is 39.1 Å². The van der Waals surface area contributed by atoms with Crippen molar-refractivity contribution in [2.75, 3.05) is 14.2 Å². The van der Waals surface area contributed by atoms with E-state index in [0.29, 0.717) is 11.1 Å². The number of carbonyl (C=O) groups is 4. The monoisotopic (exact) mass is 1060 g/mol. The molecule has 0 aliphatic carbocycles. The molecule has 0 aliphatic heterocycles. The molecule has 4 aromatic heterocycles. The molecule has 8 N–H and O–H groups in total. The number of hydrogen-bond donors (Lipinski definition) is 2. The van der Waals surface area contributed by atoms with Gasteiger partial charge in [0, 0.05) is 33.9 Å². The van der Waals surface area contributed by atoms with Crippen molar-refractivity contribution < 1.29 is 98.5 Å². The van der Waals surface area contributed by atoms with Crippen LogP contribution in [0.3, 0.4) is 0 Å². The van der Waals surface area contributed by atoms with Crippen molar-refractivity contribution in [3.63, 3.8) is 0 Å². The minimum absolute atomic E-state index is 0. The molecule has 0 atom stereocenters. The van der Waals surface area contributed by atoms with E-state index in [9.17, 15) is 19.2 Å². The first-order valence-electron chi connectivity index (χ1n) is 22.9. The zero-order chi connectivity index (χ0) is 51.6. The fourth-order valence-electron chi connectivity index (χ4n) is 7.77. The van der Waals surface area contributed by atoms with E-state index < -0.39 is 11.9 Å². The van der Waals surface area contributed by atoms with Crippen LogP contribution in [0.15, 0.2) is 219 Å². The second-order valence-corrected chi connectivity index (χ2v) is 16.3. The number of hydrogen-bond acceptors (Lipinski definition) is 12. The van der Waals surface area contributed by atoms with Crippen molar-refractivity contribution in [2.24, 2.45) is 0 Å². The average molecular weight is 1060 g/mol. The first-order valence-corrected chi connectivity index (χ1v) is 22.9. The number of aromatic nitrogens is 8. The summed E-state index contributed by atoms with van der Waals surface area (Å²) >= 11 is 0. The molecule has 12 aromatic rings. The molecule has 12 rings (SSSR count). The molecular weight excluding hydrogens is 1010 g/mol. The van der Waals surface area contributed by atoms with Gasteiger partial charge in [-0.25, -0.2) is 37.9 Å². The first-order chi connectivity index (χ1) is 36.1. The molecule has 80 heavy (non-hydrogen) atoms. The predicted molar refractivity (Wildman–Crippen MR) is 292 cm³/mol. The van der Waals surface area contributed by atoms with Crippen molar-refractivity contribution in [3.05, 3.63) is 241 Å². The number of ether oxygens (including phenoxy) is 2. The Balaban J connectivity index is 0.000000273. The summed E-state index contributed by atoms with van der Waals surface area (Å²) in [7, 11) is 2.74. The molecule has 0 bridgehead atoms. The number of rotatable bonds is 8. The van der Waals surface area contributed by atoms with Gasteiger partial charge in [-0.2, -0.15) is 20.4 Å². The van der Waals surface area contributed by atoms with E-state index in [2.05, 4.69) is 29.9 Å². The Labute approximate surface area is 480 Å². The van der Waals surface area contributed by atoms with E-state index in [4.69, 9.17) is 10.2 Å². The Hall–Kier alpha value is -9.45. The molecular formula is C58H50Li2N8O12. The second kappa shape index (κ2) is 29.9. The number of carboxylic acids is 2. The number of benzene rings is 8. The summed E-state index contributed by atoms with van der Waals surface area (Å²) in [5.41, 5.74) is 9.01. The summed E-state index contributed by atoms with van der Waals surface area (Å²) in [4.78, 5) is 44.3. The van der Waals surface area contributed by atoms with Crippen LogP contribution in [0.5, 0.6) is 0 Å². The van der Waals surface area contributed by atoms with Gasteiger partial charge < -0.3 is 41.6 Å². The Kier molecular flexibility index (Phi) is 24.2. The Morgan fingerprint density at radius 1 is 0.388 bits per heavy atom. The van der Waals surface area contributed by atoms with E-state index in [1.165, 1.54) is 14.2 Å². The topological polar surface area (TPSA) is 321 Å². The third-order valence-corrected chi connectivity index (χ3v) is 11.6. The van der Waals surface area contributed by atoms with E-state index in [1.54, 1.807) is 93.0 Å². The summed E-state index contributed by atoms with van der Waals surface area (Å²) in [5, 5.41) is 39.5. The first kappa shape index (κ1) is 64.8. The van der Waals surface area contributed by atoms with Crippen LogP contribution in [-0.4, -0.2) is 109 Å². The van der Waals surface area contributed by atoms with Crippen LogP contribution in [0, 0.1) is 0 Å². The third kappa shape index (κ3) is 15.0. The summed E-state index contributed by atoms with van der Waals surface area (Å²) in [6.45, 7) is 0. The normalized spacial score (nSPS) is 9.82. The molecule has 0 radical (unpaired) electrons. The van der Waals surface area contributed by atoms with Crippen molar-refractivity contribution in [2.45, 2.75) is 0 Å². The van der Waals surface area contributed by atoms with Gasteiger partial charge >= 0.3 is 61.6 Å². The zero-order valence-corrected chi connectivity index (χ0v) is 43.6. The summed E-state index contributed by atoms with van der Waals surface area (Å²) in [6.07, 6.45) is 7.50. The van der Waals surface area contributed by atoms with Gasteiger partial charge in [0.2, 0.25) is 0 Å². The largest absolute Gasteiger partial charge is 1.00 e. The molecule has 396 valence electrons. The second-order valence-electron chi connectivity index (χ2n) is 16.3. The number of para-hydroxylation sites is 2. The smallest absolute Gasteiger partial charge is 0.870 e. The fourth-order valence-corrected chi connectivity index (χ4v) is 7.77. The third-order valence-electron chi connectivity index (χ3n) is 11.6. The van der Waals surface area contributed by atoms with E-state index in [0.717, 1.165) is 66.4 Å². The quantitative estimate of drug-likeness (QED) is 0.163. The van der Waals surface area contributed by atoms with Gasteiger partial charge in [-0.1, -0.05) is 72.8 Å². The number of aromatic carboxylic acids is 2. The van der Waals surface area contributed by atoms with Crippen LogP contribution >= 0.6 is 0 Å². The maximum Gasteiger partial charge on any atom is 1.00 e. The van der Waals surface area contributed by atoms with Crippen molar-refractivity contribution >= 4 is 67.5 Å². The number of nitrogens with zero attached hydrogens (tertiary/aromatic N) is 8. The van der Waals surface area contributed by atoms with E-state index in [1.807, 2.05) is 145 Å². The maximum absolute atomic E-state index is 11.4. The minimum Gasteiger partial charge on any atom is -0.870 e. The Morgan fingerprint density at radius 2 is 0.675 bits per heavy atom. The zero-order valence-electron chi connectivity index (χ0n) is 43.6. The number of carboxylic acid groups (broad SMARTS) is 2. The average Bonchev–Trinajstić information content (AvgIpc) is 4.30. The molecule has 4 heterocycles. The molecule has 0 saturated heterocycles. The molecule has 20 nitrogen and oxygen atoms in total. The van der Waals surface area contributed by atoms with Crippen LogP contribution in [-0.2, 0) is 9.47 Å². The molecule has 0 amide bonds. The Morgan fingerprint density at radius 3 is 0.988 bits per heavy atom. The van der Waals surface area contributed by atoms with Crippen LogP contribution in [0.1, 0.15) is 41.4 Å². The van der Waals surface area contributed by atoms with Gasteiger partial charge in [0.15, 0.2) is 0 Å². The minimum atomic E-state index is -0.924. The van der Waals surface area contributed by atoms with Crippen LogP contribution in [0.2, 0.25) is 0 Å². The number of carbonyl (C=O) groups excluding carboxylic acids is 2. The van der Waals surface area contributed by atoms with Gasteiger partial charge in [0.05, 0.1) is 93.7 Å². The number of esters is 2. The molecule has 0 saturated carbocycles. The summed E-state index contributed by atoms with van der Waals surface area (Å²) in [6, 6.07) is 59.2. The van der Waals surface area contributed by atoms with Crippen LogP contribution in [0.4, 0.5) is 0 Å². The standard InChI is InChI=1S/2C15H12N2O2.2C14H10N2O2.2Li.4H2O/c1-19-15(18)11-6-8-13(9-7-11)17-10-12-4-2-3-5-14(12)16-17;1-19-15(18)11-6-8-13(9-7-11)17-14-5-3-2-4-12(14)10-16-17;17-14(18)10-5-7-12(8-6-10)16-9-11-3-1-2-4-13(11)15-16;17-14(18)10-5-7-12(8-6-10)16-13-4-2-1-3-11(13)9-15-16;;;;;;/h2*2-10H,1H3;2*1-9H,(H,17,18);;;4*1H2/q;;;;2*+1;;;;/p-2. The molecule has 0 aliphatic rings. The summed E-state index contributed by atoms with van der Waals surface area (Å²) in [5.74, 6) is -2.52. The fraction of sp³-hybridized carbons (Fsp3) is 0.0345. The van der Waals surface area contributed by atoms with Crippen molar-refractivity contribution in [1.29, 1.82) is 0 Å². The van der Waals surface area contributed by atoms with Gasteiger partial charge in [-0.05, 0) is 121 Å². The number of fused-ring (bicyclic) bond motifs is 4. The SMILES string of the molecule is COC(=O)c1ccc(-n2cc3ccccc3n2)cc1.COC(=O)c1ccc(-n2ncc3ccccc32)cc1.O.O.O=C(O)c1ccc(-n2cc3ccccc3n2)cc1.O=C(O)c1ccc(-n2ncc3ccccc32)cc1.[Li+].[Li+].[OH-].[OH-]. The maximum atomic E-state index is 11.4. The van der Waals surface area contributed by atoms with Crippen LogP contribution < -0.4 is 37.7 Å². The predicted octanol–water partition coefficient (Wildman–Crippen LogP) is 3.08. The molecule has 0 fully saturated rings. The van der Waals surface area contributed by atoms with Gasteiger partial charge in [0.25, 0.3) is 0 Å². The van der Waals surface area contributed by atoms with Gasteiger partial charge in [-0.15, -0.1) is 0 Å². The Bertz CT molecular complexity index is 3860. The van der Waals surface area contributed by atoms with Gasteiger partial charge in [-0.3, -0.25) is 0 Å². The molecule has 8 aromatic carbocycles. The summed E-state index contributed by atoms with van der Waals surface area (Å²) < 4.78 is 16.5. The van der Waals surface area contributed by atoms with E-state index in [-0.39, 0.29) is 82.7 Å². The molecule has 0 unspecified atom stereocenters. The molecule has 0 spiro atoms. The van der Waals surface area contributed by atoms with E-state index >= 15 is 0 Å². The van der Waals surface area contributed by atoms with Gasteiger partial charge in [0.1, 0.15) is 0 Å².